The third kappa shape index (κ3) is 9.85. The molecule has 0 aliphatic carbocycles. The van der Waals surface area contributed by atoms with E-state index in [1.165, 1.54) is 24.1 Å². The number of ether oxygens (including phenoxy) is 1. The lowest BCUT2D eigenvalue weighted by atomic mass is 10.1. The van der Waals surface area contributed by atoms with Gasteiger partial charge < -0.3 is 19.3 Å². The molecule has 2 atom stereocenters. The van der Waals surface area contributed by atoms with Crippen molar-refractivity contribution in [2.45, 2.75) is 24.8 Å². The van der Waals surface area contributed by atoms with Gasteiger partial charge in [-0.3, -0.25) is 4.79 Å². The van der Waals surface area contributed by atoms with Crippen molar-refractivity contribution in [3.8, 4) is 5.75 Å². The van der Waals surface area contributed by atoms with Gasteiger partial charge in [0, 0.05) is 25.8 Å². The van der Waals surface area contributed by atoms with E-state index in [0.717, 1.165) is 17.7 Å². The minimum atomic E-state index is -4.47. The fourth-order valence-electron chi connectivity index (χ4n) is 2.90. The predicted octanol–water partition coefficient (Wildman–Crippen LogP) is 4.79. The average molecular weight is 533 g/mol. The van der Waals surface area contributed by atoms with Crippen molar-refractivity contribution in [2.24, 2.45) is 0 Å². The number of benzene rings is 2. The van der Waals surface area contributed by atoms with E-state index in [1.54, 1.807) is 30.3 Å². The van der Waals surface area contributed by atoms with Gasteiger partial charge >= 0.3 is 6.18 Å². The van der Waals surface area contributed by atoms with Crippen molar-refractivity contribution in [3.05, 3.63) is 86.0 Å². The molecule has 11 nitrogen and oxygen atoms in total. The number of hydrogen-bond donors (Lipinski definition) is 0. The Balaban J connectivity index is 1.99. The number of amides is 1. The fraction of sp³-hybridized carbons (Fsp3) is 0.381. The van der Waals surface area contributed by atoms with E-state index in [1.807, 2.05) is 0 Å². The lowest BCUT2D eigenvalue weighted by Gasteiger charge is -2.24. The van der Waals surface area contributed by atoms with Crippen LogP contribution in [0.15, 0.2) is 54.6 Å². The molecular weight excluding hydrogens is 511 g/mol. The molecular formula is C21H22F3N3O8S. The number of nitrogens with zero attached hydrogens (tertiary/aromatic N) is 3. The second-order valence-corrected chi connectivity index (χ2v) is 8.27. The van der Waals surface area contributed by atoms with E-state index < -0.39 is 46.0 Å². The van der Waals surface area contributed by atoms with Crippen molar-refractivity contribution in [2.75, 3.05) is 26.0 Å². The number of halogens is 3. The van der Waals surface area contributed by atoms with Gasteiger partial charge in [-0.25, -0.2) is 0 Å². The Morgan fingerprint density at radius 2 is 1.69 bits per heavy atom. The first-order valence-corrected chi connectivity index (χ1v) is 11.3. The molecule has 0 bridgehead atoms. The SMILES string of the molecule is CN(CC[C@@H](Oc1ccc(C(F)(F)F)cc1)c1ccccc1)C(=O)SCC(CO[N+](=O)[O-])O[N+](=O)[O-]. The zero-order valence-electron chi connectivity index (χ0n) is 18.8. The summed E-state index contributed by atoms with van der Waals surface area (Å²) in [6.07, 6.45) is -6.14. The van der Waals surface area contributed by atoms with Gasteiger partial charge in [-0.15, -0.1) is 20.2 Å². The van der Waals surface area contributed by atoms with Gasteiger partial charge in [0.25, 0.3) is 15.4 Å². The number of rotatable bonds is 13. The number of alkyl halides is 3. The third-order valence-corrected chi connectivity index (χ3v) is 5.76. The summed E-state index contributed by atoms with van der Waals surface area (Å²) in [6, 6.07) is 13.1. The Morgan fingerprint density at radius 1 is 1.06 bits per heavy atom. The van der Waals surface area contributed by atoms with Crippen molar-refractivity contribution in [3.63, 3.8) is 0 Å². The highest BCUT2D eigenvalue weighted by atomic mass is 32.2. The maximum atomic E-state index is 12.8. The monoisotopic (exact) mass is 533 g/mol. The molecule has 1 amide bonds. The molecule has 0 saturated heterocycles. The van der Waals surface area contributed by atoms with Gasteiger partial charge in [-0.2, -0.15) is 13.2 Å². The van der Waals surface area contributed by atoms with Crippen LogP contribution < -0.4 is 4.74 Å². The van der Waals surface area contributed by atoms with Crippen LogP contribution in [0.25, 0.3) is 0 Å². The summed E-state index contributed by atoms with van der Waals surface area (Å²) in [5, 5.41) is 18.1. The molecule has 196 valence electrons. The van der Waals surface area contributed by atoms with Crippen LogP contribution in [0.4, 0.5) is 18.0 Å². The maximum Gasteiger partial charge on any atom is 0.416 e. The van der Waals surface area contributed by atoms with Crippen molar-refractivity contribution in [1.82, 2.24) is 4.90 Å². The Hall–Kier alpha value is -3.75. The average Bonchev–Trinajstić information content (AvgIpc) is 2.82. The minimum Gasteiger partial charge on any atom is -0.486 e. The van der Waals surface area contributed by atoms with E-state index in [2.05, 4.69) is 9.68 Å². The smallest absolute Gasteiger partial charge is 0.416 e. The standard InChI is InChI=1S/C21H22F3N3O8S/c1-25(20(28)36-14-18(35-27(31)32)13-33-26(29)30)12-11-19(15-5-3-2-4-6-15)34-17-9-7-16(8-10-17)21(22,23)24/h2-10,18-19H,11-14H2,1H3/t18?,19-/m1/s1. The van der Waals surface area contributed by atoms with E-state index in [9.17, 15) is 38.2 Å². The van der Waals surface area contributed by atoms with Gasteiger partial charge in [-0.1, -0.05) is 42.1 Å². The zero-order chi connectivity index (χ0) is 26.7. The number of thioether (sulfide) groups is 1. The first-order valence-electron chi connectivity index (χ1n) is 10.3. The second-order valence-electron chi connectivity index (χ2n) is 7.30. The lowest BCUT2D eigenvalue weighted by molar-refractivity contribution is -0.788. The van der Waals surface area contributed by atoms with Crippen LogP contribution in [-0.2, 0) is 15.9 Å². The molecule has 2 rings (SSSR count). The predicted molar refractivity (Wildman–Crippen MR) is 121 cm³/mol. The van der Waals surface area contributed by atoms with Gasteiger partial charge in [-0.05, 0) is 29.8 Å². The van der Waals surface area contributed by atoms with Crippen LogP contribution in [0.1, 0.15) is 23.7 Å². The van der Waals surface area contributed by atoms with Crippen molar-refractivity contribution in [1.29, 1.82) is 0 Å². The summed E-state index contributed by atoms with van der Waals surface area (Å²) in [5.41, 5.74) is -0.0706. The minimum absolute atomic E-state index is 0.165. The normalized spacial score (nSPS) is 12.8. The van der Waals surface area contributed by atoms with Crippen LogP contribution in [0.3, 0.4) is 0 Å². The fourth-order valence-corrected chi connectivity index (χ4v) is 3.70. The molecule has 0 aliphatic rings. The van der Waals surface area contributed by atoms with Gasteiger partial charge in [0.15, 0.2) is 0 Å². The Bertz CT molecular complexity index is 1010. The second kappa shape index (κ2) is 13.4. The van der Waals surface area contributed by atoms with Gasteiger partial charge in [0.05, 0.1) is 5.56 Å². The highest BCUT2D eigenvalue weighted by Crippen LogP contribution is 2.32. The summed E-state index contributed by atoms with van der Waals surface area (Å²) in [5.74, 6) is -0.0620. The first-order chi connectivity index (χ1) is 17.0. The van der Waals surface area contributed by atoms with Gasteiger partial charge in [0.2, 0.25) is 0 Å². The highest BCUT2D eigenvalue weighted by Gasteiger charge is 2.30. The van der Waals surface area contributed by atoms with Crippen LogP contribution in [0, 0.1) is 20.2 Å². The molecule has 2 aromatic rings. The molecule has 0 aromatic heterocycles. The topological polar surface area (TPSA) is 134 Å². The van der Waals surface area contributed by atoms with Crippen LogP contribution in [-0.4, -0.2) is 52.4 Å². The van der Waals surface area contributed by atoms with E-state index in [4.69, 9.17) is 4.74 Å². The summed E-state index contributed by atoms with van der Waals surface area (Å²) in [4.78, 5) is 43.0. The zero-order valence-corrected chi connectivity index (χ0v) is 19.6. The molecule has 2 aromatic carbocycles. The van der Waals surface area contributed by atoms with Crippen LogP contribution in [0.2, 0.25) is 0 Å². The molecule has 0 saturated carbocycles. The molecule has 15 heteroatoms. The van der Waals surface area contributed by atoms with E-state index in [-0.39, 0.29) is 24.5 Å². The van der Waals surface area contributed by atoms with Crippen LogP contribution in [0.5, 0.6) is 5.75 Å². The molecule has 0 radical (unpaired) electrons. The Kier molecular flexibility index (Phi) is 10.6. The summed E-state index contributed by atoms with van der Waals surface area (Å²) < 4.78 is 44.4. The lowest BCUT2D eigenvalue weighted by Crippen LogP contribution is -2.30. The Labute approximate surface area is 207 Å². The molecule has 0 N–H and O–H groups in total. The molecule has 0 fully saturated rings. The maximum absolute atomic E-state index is 12.8. The number of hydrogen-bond acceptors (Lipinski definition) is 9. The van der Waals surface area contributed by atoms with Crippen molar-refractivity contribution >= 4 is 17.0 Å². The summed E-state index contributed by atoms with van der Waals surface area (Å²) in [7, 11) is 1.48. The quantitative estimate of drug-likeness (QED) is 0.263. The van der Waals surface area contributed by atoms with Crippen molar-refractivity contribution < 1.29 is 42.6 Å². The molecule has 0 spiro atoms. The number of carbonyl (C=O) groups excluding carboxylic acids is 1. The van der Waals surface area contributed by atoms with Crippen LogP contribution >= 0.6 is 11.8 Å². The first kappa shape index (κ1) is 28.5. The molecule has 0 heterocycles. The summed E-state index contributed by atoms with van der Waals surface area (Å²) >= 11 is 0.649. The highest BCUT2D eigenvalue weighted by molar-refractivity contribution is 8.13. The largest absolute Gasteiger partial charge is 0.486 e. The Morgan fingerprint density at radius 3 is 2.25 bits per heavy atom. The molecule has 36 heavy (non-hydrogen) atoms. The van der Waals surface area contributed by atoms with Gasteiger partial charge in [0.1, 0.15) is 24.6 Å². The number of carbonyl (C=O) groups is 1. The van der Waals surface area contributed by atoms with E-state index >= 15 is 0 Å². The molecule has 0 aliphatic heterocycles. The van der Waals surface area contributed by atoms with E-state index in [0.29, 0.717) is 11.8 Å². The third-order valence-electron chi connectivity index (χ3n) is 4.66. The summed E-state index contributed by atoms with van der Waals surface area (Å²) in [6.45, 7) is -0.562. The molecule has 1 unspecified atom stereocenters.